The molecule has 1 aromatic rings. The minimum absolute atomic E-state index is 0.0135. The second-order valence-corrected chi connectivity index (χ2v) is 4.86. The van der Waals surface area contributed by atoms with Crippen LogP contribution in [0.1, 0.15) is 25.7 Å². The second-order valence-electron chi connectivity index (χ2n) is 4.86. The van der Waals surface area contributed by atoms with Crippen LogP contribution in [0.4, 0.5) is 0 Å². The van der Waals surface area contributed by atoms with Crippen LogP contribution in [-0.4, -0.2) is 33.5 Å². The van der Waals surface area contributed by atoms with Crippen molar-refractivity contribution in [2.75, 3.05) is 13.2 Å². The Morgan fingerprint density at radius 2 is 2.16 bits per heavy atom. The Morgan fingerprint density at radius 3 is 2.84 bits per heavy atom. The van der Waals surface area contributed by atoms with Crippen LogP contribution in [0.5, 0.6) is 5.88 Å². The van der Waals surface area contributed by atoms with Crippen LogP contribution in [-0.2, 0) is 14.1 Å². The van der Waals surface area contributed by atoms with Crippen molar-refractivity contribution >= 4 is 0 Å². The number of nitrogens with one attached hydrogen (secondary N) is 1. The van der Waals surface area contributed by atoms with Gasteiger partial charge in [0.05, 0.1) is 6.61 Å². The third-order valence-corrected chi connectivity index (χ3v) is 3.41. The molecule has 1 aromatic heterocycles. The SMILES string of the molecule is Cn1nc(OCCC2CCCCN2)c(=O)n(C)c1=O. The summed E-state index contributed by atoms with van der Waals surface area (Å²) in [5, 5.41) is 7.26. The van der Waals surface area contributed by atoms with Gasteiger partial charge in [0.2, 0.25) is 0 Å². The summed E-state index contributed by atoms with van der Waals surface area (Å²) in [5.74, 6) is -0.0135. The summed E-state index contributed by atoms with van der Waals surface area (Å²) in [6.07, 6.45) is 4.44. The van der Waals surface area contributed by atoms with E-state index >= 15 is 0 Å². The summed E-state index contributed by atoms with van der Waals surface area (Å²) in [7, 11) is 2.92. The van der Waals surface area contributed by atoms with Crippen molar-refractivity contribution in [2.45, 2.75) is 31.7 Å². The highest BCUT2D eigenvalue weighted by atomic mass is 16.5. The summed E-state index contributed by atoms with van der Waals surface area (Å²) < 4.78 is 7.52. The van der Waals surface area contributed by atoms with Gasteiger partial charge >= 0.3 is 11.2 Å². The van der Waals surface area contributed by atoms with Crippen LogP contribution >= 0.6 is 0 Å². The van der Waals surface area contributed by atoms with Crippen LogP contribution in [0.2, 0.25) is 0 Å². The molecule has 1 aliphatic heterocycles. The van der Waals surface area contributed by atoms with Crippen LogP contribution in [0, 0.1) is 0 Å². The van der Waals surface area contributed by atoms with Crippen LogP contribution < -0.4 is 21.3 Å². The predicted molar refractivity (Wildman–Crippen MR) is 70.5 cm³/mol. The second kappa shape index (κ2) is 6.01. The molecule has 0 aromatic carbocycles. The number of piperidine rings is 1. The van der Waals surface area contributed by atoms with Crippen molar-refractivity contribution in [3.8, 4) is 5.88 Å². The summed E-state index contributed by atoms with van der Waals surface area (Å²) in [5.41, 5.74) is -0.939. The first-order chi connectivity index (χ1) is 9.09. The van der Waals surface area contributed by atoms with E-state index in [1.807, 2.05) is 0 Å². The highest BCUT2D eigenvalue weighted by molar-refractivity contribution is 5.01. The van der Waals surface area contributed by atoms with Gasteiger partial charge in [-0.05, 0) is 25.8 Å². The smallest absolute Gasteiger partial charge is 0.347 e. The van der Waals surface area contributed by atoms with Crippen molar-refractivity contribution in [2.24, 2.45) is 14.1 Å². The fourth-order valence-corrected chi connectivity index (χ4v) is 2.23. The van der Waals surface area contributed by atoms with Crippen molar-refractivity contribution in [3.05, 3.63) is 20.8 Å². The summed E-state index contributed by atoms with van der Waals surface area (Å²) in [4.78, 5) is 23.2. The zero-order valence-corrected chi connectivity index (χ0v) is 11.4. The first-order valence-corrected chi connectivity index (χ1v) is 6.60. The van der Waals surface area contributed by atoms with Gasteiger partial charge in [0, 0.05) is 20.1 Å². The van der Waals surface area contributed by atoms with Crippen LogP contribution in [0.3, 0.4) is 0 Å². The molecule has 0 aliphatic carbocycles. The normalized spacial score (nSPS) is 19.4. The van der Waals surface area contributed by atoms with Gasteiger partial charge < -0.3 is 10.1 Å². The van der Waals surface area contributed by atoms with E-state index in [1.165, 1.54) is 26.9 Å². The minimum Gasteiger partial charge on any atom is -0.473 e. The molecule has 0 bridgehead atoms. The number of ether oxygens (including phenoxy) is 1. The molecule has 1 atom stereocenters. The molecule has 0 radical (unpaired) electrons. The topological polar surface area (TPSA) is 78.2 Å². The molecule has 7 heteroatoms. The molecule has 2 rings (SSSR count). The molecule has 0 spiro atoms. The summed E-state index contributed by atoms with van der Waals surface area (Å²) in [6, 6.07) is 0.449. The van der Waals surface area contributed by atoms with Gasteiger partial charge in [-0.15, -0.1) is 5.10 Å². The van der Waals surface area contributed by atoms with Crippen molar-refractivity contribution in [3.63, 3.8) is 0 Å². The average Bonchev–Trinajstić information content (AvgIpc) is 2.43. The Morgan fingerprint density at radius 1 is 1.37 bits per heavy atom. The first-order valence-electron chi connectivity index (χ1n) is 6.60. The fraction of sp³-hybridized carbons (Fsp3) is 0.750. The third kappa shape index (κ3) is 3.23. The number of rotatable bonds is 4. The van der Waals surface area contributed by atoms with Gasteiger partial charge in [0.25, 0.3) is 5.88 Å². The molecule has 2 heterocycles. The van der Waals surface area contributed by atoms with Crippen LogP contribution in [0.15, 0.2) is 9.59 Å². The van der Waals surface area contributed by atoms with E-state index in [-0.39, 0.29) is 5.88 Å². The lowest BCUT2D eigenvalue weighted by Gasteiger charge is -2.23. The van der Waals surface area contributed by atoms with E-state index in [1.54, 1.807) is 0 Å². The minimum atomic E-state index is -0.486. The Balaban J connectivity index is 1.96. The summed E-state index contributed by atoms with van der Waals surface area (Å²) >= 11 is 0. The maximum Gasteiger partial charge on any atom is 0.347 e. The van der Waals surface area contributed by atoms with E-state index < -0.39 is 11.2 Å². The lowest BCUT2D eigenvalue weighted by Crippen LogP contribution is -2.39. The predicted octanol–water partition coefficient (Wildman–Crippen LogP) is -0.610. The molecule has 7 nitrogen and oxygen atoms in total. The van der Waals surface area contributed by atoms with E-state index in [9.17, 15) is 9.59 Å². The average molecular weight is 268 g/mol. The molecular formula is C12H20N4O3. The highest BCUT2D eigenvalue weighted by Gasteiger charge is 2.14. The largest absolute Gasteiger partial charge is 0.473 e. The van der Waals surface area contributed by atoms with E-state index in [0.717, 1.165) is 28.6 Å². The molecule has 1 unspecified atom stereocenters. The molecule has 106 valence electrons. The monoisotopic (exact) mass is 268 g/mol. The fourth-order valence-electron chi connectivity index (χ4n) is 2.23. The molecule has 1 saturated heterocycles. The van der Waals surface area contributed by atoms with E-state index in [2.05, 4.69) is 10.4 Å². The summed E-state index contributed by atoms with van der Waals surface area (Å²) in [6.45, 7) is 1.47. The third-order valence-electron chi connectivity index (χ3n) is 3.41. The quantitative estimate of drug-likeness (QED) is 0.788. The maximum atomic E-state index is 11.8. The maximum absolute atomic E-state index is 11.8. The van der Waals surface area contributed by atoms with Crippen molar-refractivity contribution in [1.29, 1.82) is 0 Å². The van der Waals surface area contributed by atoms with E-state index in [4.69, 9.17) is 4.74 Å². The standard InChI is InChI=1S/C12H20N4O3/c1-15-11(17)10(14-16(2)12(15)18)19-8-6-9-5-3-4-7-13-9/h9,13H,3-8H2,1-2H3. The molecule has 0 saturated carbocycles. The number of hydrogen-bond acceptors (Lipinski definition) is 5. The lowest BCUT2D eigenvalue weighted by atomic mass is 10.0. The Bertz CT molecular complexity index is 543. The zero-order valence-electron chi connectivity index (χ0n) is 11.4. The number of nitrogens with zero attached hydrogens (tertiary/aromatic N) is 3. The number of aryl methyl sites for hydroxylation is 1. The molecule has 1 N–H and O–H groups in total. The molecule has 19 heavy (non-hydrogen) atoms. The van der Waals surface area contributed by atoms with Gasteiger partial charge in [-0.1, -0.05) is 6.42 Å². The van der Waals surface area contributed by atoms with Gasteiger partial charge in [0.1, 0.15) is 0 Å². The molecular weight excluding hydrogens is 248 g/mol. The van der Waals surface area contributed by atoms with Crippen molar-refractivity contribution in [1.82, 2.24) is 19.7 Å². The number of hydrogen-bond donors (Lipinski definition) is 1. The Hall–Kier alpha value is -1.63. The van der Waals surface area contributed by atoms with Gasteiger partial charge in [0.15, 0.2) is 0 Å². The van der Waals surface area contributed by atoms with E-state index in [0.29, 0.717) is 12.6 Å². The molecule has 0 amide bonds. The highest BCUT2D eigenvalue weighted by Crippen LogP contribution is 2.10. The molecule has 1 aliphatic rings. The van der Waals surface area contributed by atoms with Gasteiger partial charge in [-0.25, -0.2) is 9.48 Å². The van der Waals surface area contributed by atoms with Crippen molar-refractivity contribution < 1.29 is 4.74 Å². The number of aromatic nitrogens is 3. The van der Waals surface area contributed by atoms with Gasteiger partial charge in [-0.3, -0.25) is 9.36 Å². The zero-order chi connectivity index (χ0) is 13.8. The Kier molecular flexibility index (Phi) is 4.36. The lowest BCUT2D eigenvalue weighted by molar-refractivity contribution is 0.249. The Labute approximate surface area is 111 Å². The van der Waals surface area contributed by atoms with Gasteiger partial charge in [-0.2, -0.15) is 0 Å². The molecule has 1 fully saturated rings. The first kappa shape index (κ1) is 13.8. The van der Waals surface area contributed by atoms with Crippen LogP contribution in [0.25, 0.3) is 0 Å².